The number of cyclic esters (lactones) is 1. The number of benzene rings is 1. The van der Waals surface area contributed by atoms with E-state index in [0.717, 1.165) is 6.07 Å². The van der Waals surface area contributed by atoms with Crippen LogP contribution in [0, 0.1) is 5.82 Å². The van der Waals surface area contributed by atoms with Crippen molar-refractivity contribution in [2.24, 2.45) is 0 Å². The van der Waals surface area contributed by atoms with E-state index in [9.17, 15) is 9.18 Å². The number of amides is 1. The van der Waals surface area contributed by atoms with Crippen LogP contribution in [0.2, 0.25) is 6.82 Å². The highest BCUT2D eigenvalue weighted by Crippen LogP contribution is 2.21. The van der Waals surface area contributed by atoms with Crippen molar-refractivity contribution in [2.45, 2.75) is 12.9 Å². The first-order valence-corrected chi connectivity index (χ1v) is 6.43. The summed E-state index contributed by atoms with van der Waals surface area (Å²) >= 11 is 0. The number of carbonyl (C=O) groups is 1. The lowest BCUT2D eigenvalue weighted by atomic mass is 9.80. The lowest BCUT2D eigenvalue weighted by Gasteiger charge is -2.14. The predicted molar refractivity (Wildman–Crippen MR) is 75.7 cm³/mol. The van der Waals surface area contributed by atoms with Crippen molar-refractivity contribution in [1.82, 2.24) is 5.23 Å². The molecule has 0 unspecified atom stereocenters. The van der Waals surface area contributed by atoms with Gasteiger partial charge in [0.15, 0.2) is 0 Å². The molecule has 1 heterocycles. The summed E-state index contributed by atoms with van der Waals surface area (Å²) in [7, 11) is -2.63. The summed E-state index contributed by atoms with van der Waals surface area (Å²) in [6, 6.07) is 3.65. The summed E-state index contributed by atoms with van der Waals surface area (Å²) in [5.41, 5.74) is 0.0000770. The largest absolute Gasteiger partial charge is 0.491 e. The van der Waals surface area contributed by atoms with Gasteiger partial charge in [-0.3, -0.25) is 4.90 Å². The molecule has 2 rings (SSSR count). The molecule has 0 saturated carbocycles. The Kier molecular flexibility index (Phi) is 4.84. The normalized spacial score (nSPS) is 17.9. The van der Waals surface area contributed by atoms with Crippen LogP contribution in [0.1, 0.15) is 0 Å². The highest BCUT2D eigenvalue weighted by molar-refractivity contribution is 6.58. The van der Waals surface area contributed by atoms with Crippen LogP contribution in [-0.2, 0) is 4.74 Å². The zero-order chi connectivity index (χ0) is 15.6. The van der Waals surface area contributed by atoms with E-state index in [4.69, 9.17) is 19.8 Å². The second-order valence-corrected chi connectivity index (χ2v) is 4.78. The highest BCUT2D eigenvalue weighted by atomic mass is 19.1. The molecule has 0 aliphatic carbocycles. The fraction of sp³-hybridized carbons (Fsp3) is 0.364. The van der Waals surface area contributed by atoms with Crippen LogP contribution in [0.3, 0.4) is 0 Å². The van der Waals surface area contributed by atoms with Gasteiger partial charge in [-0.1, -0.05) is 6.07 Å². The number of halogens is 1. The molecule has 0 aromatic heterocycles. The maximum atomic E-state index is 13.7. The number of ether oxygens (including phenoxy) is 1. The fourth-order valence-electron chi connectivity index (χ4n) is 2.03. The number of nitrogens with one attached hydrogen (secondary N) is 1. The van der Waals surface area contributed by atoms with Crippen molar-refractivity contribution in [1.29, 1.82) is 0 Å². The molecular formula is C11H15B2FN2O5. The van der Waals surface area contributed by atoms with E-state index in [0.29, 0.717) is 0 Å². The van der Waals surface area contributed by atoms with Gasteiger partial charge in [-0.25, -0.2) is 9.18 Å². The van der Waals surface area contributed by atoms with Crippen LogP contribution >= 0.6 is 0 Å². The number of nitrogens with zero attached hydrogens (tertiary/aromatic N) is 1. The van der Waals surface area contributed by atoms with Crippen LogP contribution in [0.25, 0.3) is 0 Å². The molecule has 1 atom stereocenters. The molecule has 1 aromatic carbocycles. The number of rotatable bonds is 5. The average Bonchev–Trinajstić information content (AvgIpc) is 2.77. The molecule has 1 aromatic rings. The number of carbonyl (C=O) groups excluding carboxylic acids is 1. The Balaban J connectivity index is 2.08. The maximum absolute atomic E-state index is 13.7. The first-order chi connectivity index (χ1) is 9.88. The van der Waals surface area contributed by atoms with Crippen LogP contribution in [0.4, 0.5) is 14.9 Å². The minimum absolute atomic E-state index is 0.207. The molecule has 0 radical (unpaired) electrons. The second-order valence-electron chi connectivity index (χ2n) is 4.78. The van der Waals surface area contributed by atoms with Gasteiger partial charge in [-0.05, 0) is 19.0 Å². The first-order valence-electron chi connectivity index (χ1n) is 6.43. The Bertz CT molecular complexity index is 531. The Labute approximate surface area is 121 Å². The Morgan fingerprint density at radius 3 is 2.76 bits per heavy atom. The van der Waals surface area contributed by atoms with E-state index in [2.05, 4.69) is 5.23 Å². The van der Waals surface area contributed by atoms with Gasteiger partial charge in [-0.15, -0.1) is 0 Å². The quantitative estimate of drug-likeness (QED) is 0.495. The molecule has 1 fully saturated rings. The molecule has 10 heteroatoms. The minimum Gasteiger partial charge on any atom is -0.443 e. The van der Waals surface area contributed by atoms with Crippen molar-refractivity contribution in [3.05, 3.63) is 24.0 Å². The molecule has 1 aliphatic heterocycles. The summed E-state index contributed by atoms with van der Waals surface area (Å²) < 4.78 is 18.8. The summed E-state index contributed by atoms with van der Waals surface area (Å²) in [4.78, 5) is 13.0. The van der Waals surface area contributed by atoms with Crippen LogP contribution < -0.4 is 15.6 Å². The van der Waals surface area contributed by atoms with Gasteiger partial charge < -0.3 is 25.0 Å². The van der Waals surface area contributed by atoms with Crippen LogP contribution in [-0.4, -0.2) is 54.5 Å². The van der Waals surface area contributed by atoms with Gasteiger partial charge >= 0.3 is 20.3 Å². The van der Waals surface area contributed by atoms with Crippen LogP contribution in [0.5, 0.6) is 0 Å². The molecular weight excluding hydrogens is 281 g/mol. The standard InChI is InChI=1S/C11H15B2FN2O5/c1-12(18)15-5-8-6-16(11(17)21-8)7-2-3-9(13(19)20)10(14)4-7/h2-4,8,15,18-20H,5-6H2,1H3/t8-/m0/s1. The summed E-state index contributed by atoms with van der Waals surface area (Å²) in [6.45, 7) is 2.03. The smallest absolute Gasteiger partial charge is 0.443 e. The van der Waals surface area contributed by atoms with E-state index in [1.807, 2.05) is 0 Å². The van der Waals surface area contributed by atoms with Crippen molar-refractivity contribution in [2.75, 3.05) is 18.0 Å². The fourth-order valence-corrected chi connectivity index (χ4v) is 2.03. The van der Waals surface area contributed by atoms with E-state index in [-0.39, 0.29) is 24.2 Å². The molecule has 7 nitrogen and oxygen atoms in total. The molecule has 0 spiro atoms. The Morgan fingerprint density at radius 1 is 1.48 bits per heavy atom. The minimum atomic E-state index is -1.91. The van der Waals surface area contributed by atoms with Gasteiger partial charge in [-0.2, -0.15) is 0 Å². The molecule has 0 bridgehead atoms. The van der Waals surface area contributed by atoms with Crippen molar-refractivity contribution in [3.8, 4) is 0 Å². The molecule has 1 aliphatic rings. The highest BCUT2D eigenvalue weighted by Gasteiger charge is 2.33. The van der Waals surface area contributed by atoms with Gasteiger partial charge in [0.25, 0.3) is 0 Å². The SMILES string of the molecule is CB(O)NC[C@H]1CN(c2ccc(B(O)O)c(F)c2)C(=O)O1. The molecule has 21 heavy (non-hydrogen) atoms. The zero-order valence-electron chi connectivity index (χ0n) is 11.4. The molecule has 112 valence electrons. The third-order valence-electron chi connectivity index (χ3n) is 3.09. The lowest BCUT2D eigenvalue weighted by molar-refractivity contribution is 0.142. The average molecular weight is 296 g/mol. The van der Waals surface area contributed by atoms with Gasteiger partial charge in [0.1, 0.15) is 11.9 Å². The van der Waals surface area contributed by atoms with Crippen LogP contribution in [0.15, 0.2) is 18.2 Å². The number of hydrogen-bond donors (Lipinski definition) is 4. The third-order valence-corrected chi connectivity index (χ3v) is 3.09. The molecule has 1 saturated heterocycles. The van der Waals surface area contributed by atoms with Crippen molar-refractivity contribution >= 4 is 31.4 Å². The lowest BCUT2D eigenvalue weighted by Crippen LogP contribution is -2.38. The van der Waals surface area contributed by atoms with Gasteiger partial charge in [0.2, 0.25) is 0 Å². The summed E-state index contributed by atoms with van der Waals surface area (Å²) in [5, 5.41) is 29.8. The predicted octanol–water partition coefficient (Wildman–Crippen LogP) is -1.47. The first kappa shape index (κ1) is 15.8. The summed E-state index contributed by atoms with van der Waals surface area (Å²) in [6.07, 6.45) is -1.08. The Morgan fingerprint density at radius 2 is 2.19 bits per heavy atom. The molecule has 1 amide bonds. The van der Waals surface area contributed by atoms with E-state index >= 15 is 0 Å². The number of anilines is 1. The number of hydrogen-bond acceptors (Lipinski definition) is 6. The van der Waals surface area contributed by atoms with E-state index < -0.39 is 32.2 Å². The van der Waals surface area contributed by atoms with Crippen molar-refractivity contribution in [3.63, 3.8) is 0 Å². The van der Waals surface area contributed by atoms with E-state index in [1.54, 1.807) is 6.82 Å². The topological polar surface area (TPSA) is 102 Å². The monoisotopic (exact) mass is 296 g/mol. The molecule has 4 N–H and O–H groups in total. The third kappa shape index (κ3) is 3.73. The second kappa shape index (κ2) is 6.44. The van der Waals surface area contributed by atoms with Gasteiger partial charge in [0.05, 0.1) is 12.2 Å². The van der Waals surface area contributed by atoms with Gasteiger partial charge in [0, 0.05) is 12.0 Å². The maximum Gasteiger partial charge on any atom is 0.491 e. The summed E-state index contributed by atoms with van der Waals surface area (Å²) in [5.74, 6) is -0.819. The zero-order valence-corrected chi connectivity index (χ0v) is 11.4. The van der Waals surface area contributed by atoms with E-state index in [1.165, 1.54) is 17.0 Å². The Hall–Kier alpha value is -1.61. The van der Waals surface area contributed by atoms with Crippen molar-refractivity contribution < 1.29 is 29.0 Å².